The Morgan fingerprint density at radius 3 is 2.43 bits per heavy atom. The summed E-state index contributed by atoms with van der Waals surface area (Å²) in [6.07, 6.45) is -4.47. The van der Waals surface area contributed by atoms with Crippen molar-refractivity contribution in [1.82, 2.24) is 14.6 Å². The third-order valence-corrected chi connectivity index (χ3v) is 2.95. The van der Waals surface area contributed by atoms with Crippen molar-refractivity contribution in [3.63, 3.8) is 0 Å². The fourth-order valence-electron chi connectivity index (χ4n) is 1.06. The van der Waals surface area contributed by atoms with E-state index in [1.54, 1.807) is 6.92 Å². The molecule has 3 nitrogen and oxygen atoms in total. The lowest BCUT2D eigenvalue weighted by atomic mass is 10.4. The van der Waals surface area contributed by atoms with Gasteiger partial charge in [0.15, 0.2) is 0 Å². The van der Waals surface area contributed by atoms with E-state index in [0.717, 1.165) is 4.88 Å². The molecule has 0 aliphatic carbocycles. The average molecular weight is 221 g/mol. The van der Waals surface area contributed by atoms with Crippen molar-refractivity contribution in [2.24, 2.45) is 0 Å². The summed E-state index contributed by atoms with van der Waals surface area (Å²) in [4.78, 5) is 4.62. The molecule has 7 heteroatoms. The monoisotopic (exact) mass is 221 g/mol. The Labute approximate surface area is 81.2 Å². The Balaban J connectivity index is 2.65. The quantitative estimate of drug-likeness (QED) is 0.683. The first kappa shape index (κ1) is 9.45. The maximum atomic E-state index is 12.2. The molecule has 0 spiro atoms. The first-order valence-electron chi connectivity index (χ1n) is 3.79. The van der Waals surface area contributed by atoms with E-state index in [1.807, 2.05) is 6.92 Å². The minimum absolute atomic E-state index is 0.285. The third kappa shape index (κ3) is 1.28. The van der Waals surface area contributed by atoms with Gasteiger partial charge in [0.1, 0.15) is 0 Å². The van der Waals surface area contributed by atoms with Crippen LogP contribution >= 0.6 is 11.3 Å². The van der Waals surface area contributed by atoms with Crippen molar-refractivity contribution in [1.29, 1.82) is 0 Å². The SMILES string of the molecule is Cc1sc2nc(C(F)(F)F)nn2c1C. The molecule has 76 valence electrons. The maximum absolute atomic E-state index is 12.2. The van der Waals surface area contributed by atoms with Crippen molar-refractivity contribution < 1.29 is 13.2 Å². The van der Waals surface area contributed by atoms with E-state index in [9.17, 15) is 13.2 Å². The van der Waals surface area contributed by atoms with Crippen LogP contribution in [0.25, 0.3) is 4.96 Å². The van der Waals surface area contributed by atoms with Gasteiger partial charge in [-0.2, -0.15) is 18.2 Å². The first-order valence-corrected chi connectivity index (χ1v) is 4.61. The smallest absolute Gasteiger partial charge is 0.207 e. The number of alkyl halides is 3. The zero-order chi connectivity index (χ0) is 10.5. The number of aromatic nitrogens is 3. The van der Waals surface area contributed by atoms with Crippen molar-refractivity contribution in [3.05, 3.63) is 16.4 Å². The predicted octanol–water partition coefficient (Wildman–Crippen LogP) is 2.43. The van der Waals surface area contributed by atoms with Gasteiger partial charge in [-0.1, -0.05) is 11.3 Å². The molecular formula is C7H6F3N3S. The van der Waals surface area contributed by atoms with Crippen LogP contribution < -0.4 is 0 Å². The van der Waals surface area contributed by atoms with Crippen molar-refractivity contribution in [2.45, 2.75) is 20.0 Å². The van der Waals surface area contributed by atoms with Gasteiger partial charge in [0, 0.05) is 4.88 Å². The standard InChI is InChI=1S/C7H6F3N3S/c1-3-4(2)14-6-11-5(7(8,9)10)12-13(3)6/h1-2H3. The Bertz CT molecular complexity index is 482. The normalized spacial score (nSPS) is 12.6. The summed E-state index contributed by atoms with van der Waals surface area (Å²) >= 11 is 1.21. The molecule has 0 aliphatic heterocycles. The number of rotatable bonds is 0. The largest absolute Gasteiger partial charge is 0.453 e. The highest BCUT2D eigenvalue weighted by Gasteiger charge is 2.36. The third-order valence-electron chi connectivity index (χ3n) is 1.90. The summed E-state index contributed by atoms with van der Waals surface area (Å²) in [6, 6.07) is 0. The van der Waals surface area contributed by atoms with Crippen LogP contribution in [0.5, 0.6) is 0 Å². The molecule has 0 saturated carbocycles. The van der Waals surface area contributed by atoms with Crippen LogP contribution in [0, 0.1) is 13.8 Å². The molecule has 2 heterocycles. The van der Waals surface area contributed by atoms with Crippen LogP contribution in [-0.4, -0.2) is 14.6 Å². The number of halogens is 3. The second kappa shape index (κ2) is 2.69. The van der Waals surface area contributed by atoms with Gasteiger partial charge in [0.2, 0.25) is 4.96 Å². The number of aryl methyl sites for hydroxylation is 2. The van der Waals surface area contributed by atoms with Crippen LogP contribution in [-0.2, 0) is 6.18 Å². The van der Waals surface area contributed by atoms with Crippen molar-refractivity contribution in [2.75, 3.05) is 0 Å². The Morgan fingerprint density at radius 2 is 1.93 bits per heavy atom. The van der Waals surface area contributed by atoms with Crippen LogP contribution in [0.4, 0.5) is 13.2 Å². The van der Waals surface area contributed by atoms with E-state index in [4.69, 9.17) is 0 Å². The fraction of sp³-hybridized carbons (Fsp3) is 0.429. The summed E-state index contributed by atoms with van der Waals surface area (Å²) in [5.74, 6) is -1.08. The lowest BCUT2D eigenvalue weighted by Crippen LogP contribution is -2.08. The van der Waals surface area contributed by atoms with Gasteiger partial charge in [0.25, 0.3) is 5.82 Å². The molecule has 0 radical (unpaired) electrons. The van der Waals surface area contributed by atoms with Gasteiger partial charge in [-0.25, -0.2) is 4.52 Å². The Hall–Kier alpha value is -1.11. The molecule has 0 saturated heterocycles. The minimum atomic E-state index is -4.47. The lowest BCUT2D eigenvalue weighted by molar-refractivity contribution is -0.144. The van der Waals surface area contributed by atoms with Crippen molar-refractivity contribution in [3.8, 4) is 0 Å². The molecule has 0 aliphatic rings. The van der Waals surface area contributed by atoms with E-state index in [1.165, 1.54) is 15.9 Å². The lowest BCUT2D eigenvalue weighted by Gasteiger charge is -1.97. The van der Waals surface area contributed by atoms with Crippen LogP contribution in [0.1, 0.15) is 16.4 Å². The average Bonchev–Trinajstić information content (AvgIpc) is 2.54. The molecule has 0 unspecified atom stereocenters. The maximum Gasteiger partial charge on any atom is 0.453 e. The molecule has 0 atom stereocenters. The molecule has 14 heavy (non-hydrogen) atoms. The van der Waals surface area contributed by atoms with E-state index in [0.29, 0.717) is 5.69 Å². The zero-order valence-corrected chi connectivity index (χ0v) is 8.20. The fourth-order valence-corrected chi connectivity index (χ4v) is 1.97. The highest BCUT2D eigenvalue weighted by Crippen LogP contribution is 2.29. The molecule has 2 aromatic rings. The molecule has 0 fully saturated rings. The number of nitrogens with zero attached hydrogens (tertiary/aromatic N) is 3. The van der Waals surface area contributed by atoms with Gasteiger partial charge < -0.3 is 0 Å². The van der Waals surface area contributed by atoms with Gasteiger partial charge >= 0.3 is 6.18 Å². The summed E-state index contributed by atoms with van der Waals surface area (Å²) in [6.45, 7) is 3.54. The minimum Gasteiger partial charge on any atom is -0.207 e. The van der Waals surface area contributed by atoms with E-state index in [-0.39, 0.29) is 4.96 Å². The van der Waals surface area contributed by atoms with E-state index >= 15 is 0 Å². The van der Waals surface area contributed by atoms with Gasteiger partial charge in [-0.05, 0) is 13.8 Å². The van der Waals surface area contributed by atoms with Gasteiger partial charge in [-0.15, -0.1) is 5.10 Å². The van der Waals surface area contributed by atoms with Crippen molar-refractivity contribution >= 4 is 16.3 Å². The molecule has 0 bridgehead atoms. The zero-order valence-electron chi connectivity index (χ0n) is 7.38. The number of hydrogen-bond donors (Lipinski definition) is 0. The molecule has 2 aromatic heterocycles. The summed E-state index contributed by atoms with van der Waals surface area (Å²) < 4.78 is 37.8. The second-order valence-corrected chi connectivity index (χ2v) is 4.05. The first-order chi connectivity index (χ1) is 6.39. The topological polar surface area (TPSA) is 30.2 Å². The molecule has 0 aromatic carbocycles. The molecule has 2 rings (SSSR count). The van der Waals surface area contributed by atoms with Crippen LogP contribution in [0.15, 0.2) is 0 Å². The van der Waals surface area contributed by atoms with E-state index < -0.39 is 12.0 Å². The number of fused-ring (bicyclic) bond motifs is 1. The molecule has 0 amide bonds. The highest BCUT2D eigenvalue weighted by atomic mass is 32.1. The Kier molecular flexibility index (Phi) is 1.82. The Morgan fingerprint density at radius 1 is 1.29 bits per heavy atom. The second-order valence-electron chi connectivity index (χ2n) is 2.87. The number of hydrogen-bond acceptors (Lipinski definition) is 3. The summed E-state index contributed by atoms with van der Waals surface area (Å²) in [5.41, 5.74) is 0.702. The van der Waals surface area contributed by atoms with Crippen LogP contribution in [0.2, 0.25) is 0 Å². The van der Waals surface area contributed by atoms with Crippen LogP contribution in [0.3, 0.4) is 0 Å². The van der Waals surface area contributed by atoms with Gasteiger partial charge in [0.05, 0.1) is 5.69 Å². The van der Waals surface area contributed by atoms with Gasteiger partial charge in [-0.3, -0.25) is 0 Å². The highest BCUT2D eigenvalue weighted by molar-refractivity contribution is 7.17. The molecule has 0 N–H and O–H groups in total. The molecular weight excluding hydrogens is 215 g/mol. The predicted molar refractivity (Wildman–Crippen MR) is 45.3 cm³/mol. The number of thiazole rings is 1. The van der Waals surface area contributed by atoms with E-state index in [2.05, 4.69) is 10.1 Å². The summed E-state index contributed by atoms with van der Waals surface area (Å²) in [5, 5.41) is 3.40. The summed E-state index contributed by atoms with van der Waals surface area (Å²) in [7, 11) is 0.